The van der Waals surface area contributed by atoms with E-state index in [9.17, 15) is 4.79 Å². The summed E-state index contributed by atoms with van der Waals surface area (Å²) in [6.45, 7) is 5.84. The zero-order valence-corrected chi connectivity index (χ0v) is 23.3. The van der Waals surface area contributed by atoms with E-state index in [2.05, 4.69) is 38.4 Å². The SMILES string of the molecule is CC[C@H](c1nnnn1Cc1ccc(OC)cc1)N(Cc1ccc2c(c1)OCO2)Cc1cc2cc(C)ccc2[nH]c1=O. The summed E-state index contributed by atoms with van der Waals surface area (Å²) in [6, 6.07) is 21.7. The van der Waals surface area contributed by atoms with Crippen molar-refractivity contribution in [1.82, 2.24) is 30.1 Å². The number of tetrazole rings is 1. The lowest BCUT2D eigenvalue weighted by molar-refractivity contribution is 0.161. The number of aromatic nitrogens is 5. The number of benzene rings is 3. The molecule has 0 fully saturated rings. The van der Waals surface area contributed by atoms with Gasteiger partial charge < -0.3 is 19.2 Å². The summed E-state index contributed by atoms with van der Waals surface area (Å²) in [7, 11) is 1.65. The first-order chi connectivity index (χ1) is 20.0. The largest absolute Gasteiger partial charge is 0.497 e. The Kier molecular flexibility index (Phi) is 7.39. The molecule has 1 atom stereocenters. The molecule has 1 aliphatic rings. The molecule has 5 aromatic rings. The van der Waals surface area contributed by atoms with Crippen LogP contribution in [0.5, 0.6) is 17.2 Å². The minimum absolute atomic E-state index is 0.107. The number of nitrogens with one attached hydrogen (secondary N) is 1. The van der Waals surface area contributed by atoms with E-state index in [1.165, 1.54) is 0 Å². The van der Waals surface area contributed by atoms with E-state index in [0.717, 1.165) is 57.1 Å². The van der Waals surface area contributed by atoms with Crippen molar-refractivity contribution >= 4 is 10.9 Å². The van der Waals surface area contributed by atoms with Crippen LogP contribution in [0.4, 0.5) is 0 Å². The van der Waals surface area contributed by atoms with Gasteiger partial charge in [0, 0.05) is 24.2 Å². The van der Waals surface area contributed by atoms with Crippen LogP contribution in [0.25, 0.3) is 10.9 Å². The van der Waals surface area contributed by atoms with Gasteiger partial charge in [0.25, 0.3) is 5.56 Å². The van der Waals surface area contributed by atoms with Crippen LogP contribution in [-0.2, 0) is 19.6 Å². The minimum Gasteiger partial charge on any atom is -0.497 e. The predicted molar refractivity (Wildman–Crippen MR) is 154 cm³/mol. The van der Waals surface area contributed by atoms with Crippen molar-refractivity contribution < 1.29 is 14.2 Å². The summed E-state index contributed by atoms with van der Waals surface area (Å²) in [5.41, 5.74) is 4.62. The van der Waals surface area contributed by atoms with Crippen LogP contribution in [0.3, 0.4) is 0 Å². The van der Waals surface area contributed by atoms with Gasteiger partial charge in [0.2, 0.25) is 6.79 Å². The molecule has 0 radical (unpaired) electrons. The van der Waals surface area contributed by atoms with E-state index in [1.807, 2.05) is 72.3 Å². The number of fused-ring (bicyclic) bond motifs is 2. The smallest absolute Gasteiger partial charge is 0.252 e. The van der Waals surface area contributed by atoms with E-state index < -0.39 is 0 Å². The molecule has 6 rings (SSSR count). The summed E-state index contributed by atoms with van der Waals surface area (Å²) in [5.74, 6) is 2.98. The van der Waals surface area contributed by atoms with Crippen LogP contribution >= 0.6 is 0 Å². The second-order valence-electron chi connectivity index (χ2n) is 10.3. The third-order valence-corrected chi connectivity index (χ3v) is 7.45. The van der Waals surface area contributed by atoms with Gasteiger partial charge in [-0.05, 0) is 82.7 Å². The van der Waals surface area contributed by atoms with Gasteiger partial charge in [-0.15, -0.1) is 5.10 Å². The molecule has 0 amide bonds. The molecular weight excluding hydrogens is 520 g/mol. The van der Waals surface area contributed by atoms with E-state index in [0.29, 0.717) is 25.2 Å². The molecule has 41 heavy (non-hydrogen) atoms. The summed E-state index contributed by atoms with van der Waals surface area (Å²) in [4.78, 5) is 18.6. The Balaban J connectivity index is 1.36. The zero-order chi connectivity index (χ0) is 28.3. The summed E-state index contributed by atoms with van der Waals surface area (Å²) >= 11 is 0. The molecule has 0 saturated carbocycles. The molecule has 3 aromatic carbocycles. The van der Waals surface area contributed by atoms with Crippen LogP contribution in [0.2, 0.25) is 0 Å². The predicted octanol–water partition coefficient (Wildman–Crippen LogP) is 4.76. The Hall–Kier alpha value is -4.70. The molecule has 1 aliphatic heterocycles. The number of aromatic amines is 1. The minimum atomic E-state index is -0.165. The van der Waals surface area contributed by atoms with E-state index >= 15 is 0 Å². The van der Waals surface area contributed by atoms with Gasteiger partial charge in [0.1, 0.15) is 5.75 Å². The highest BCUT2D eigenvalue weighted by Gasteiger charge is 2.27. The van der Waals surface area contributed by atoms with Crippen molar-refractivity contribution in [3.05, 3.63) is 105 Å². The Morgan fingerprint density at radius 3 is 2.61 bits per heavy atom. The zero-order valence-electron chi connectivity index (χ0n) is 23.3. The highest BCUT2D eigenvalue weighted by atomic mass is 16.7. The Morgan fingerprint density at radius 1 is 1.00 bits per heavy atom. The van der Waals surface area contributed by atoms with E-state index in [1.54, 1.807) is 7.11 Å². The fraction of sp³-hybridized carbons (Fsp3) is 0.290. The van der Waals surface area contributed by atoms with Crippen molar-refractivity contribution in [2.45, 2.75) is 45.9 Å². The standard InChI is InChI=1S/C31H32N6O4/c1-4-27(30-33-34-35-37(30)17-21-6-9-25(39-3)10-7-21)36(16-22-8-12-28-29(14-22)41-19-40-28)18-24-15-23-13-20(2)5-11-26(23)32-31(24)38/h5-15,27H,4,16-19H2,1-3H3,(H,32,38)/t27-/m1/s1. The van der Waals surface area contributed by atoms with Gasteiger partial charge in [-0.25, -0.2) is 4.68 Å². The first-order valence-corrected chi connectivity index (χ1v) is 13.6. The molecule has 210 valence electrons. The first kappa shape index (κ1) is 26.5. The van der Waals surface area contributed by atoms with E-state index in [-0.39, 0.29) is 18.4 Å². The van der Waals surface area contributed by atoms with Crippen LogP contribution in [0, 0.1) is 6.92 Å². The maximum atomic E-state index is 13.2. The fourth-order valence-electron chi connectivity index (χ4n) is 5.33. The van der Waals surface area contributed by atoms with Crippen molar-refractivity contribution in [2.75, 3.05) is 13.9 Å². The maximum absolute atomic E-state index is 13.2. The quantitative estimate of drug-likeness (QED) is 0.264. The molecule has 1 N–H and O–H groups in total. The first-order valence-electron chi connectivity index (χ1n) is 13.6. The number of methoxy groups -OCH3 is 1. The van der Waals surface area contributed by atoms with Crippen molar-refractivity contribution in [1.29, 1.82) is 0 Å². The van der Waals surface area contributed by atoms with Crippen molar-refractivity contribution in [3.8, 4) is 17.2 Å². The fourth-order valence-corrected chi connectivity index (χ4v) is 5.33. The maximum Gasteiger partial charge on any atom is 0.252 e. The number of H-pyrrole nitrogens is 1. The average Bonchev–Trinajstić information content (AvgIpc) is 3.64. The second-order valence-corrected chi connectivity index (χ2v) is 10.3. The molecular formula is C31H32N6O4. The summed E-state index contributed by atoms with van der Waals surface area (Å²) < 4.78 is 18.3. The normalized spacial score (nSPS) is 13.2. The van der Waals surface area contributed by atoms with E-state index in [4.69, 9.17) is 14.2 Å². The lowest BCUT2D eigenvalue weighted by atomic mass is 10.1. The lowest BCUT2D eigenvalue weighted by Crippen LogP contribution is -2.32. The third kappa shape index (κ3) is 5.64. The van der Waals surface area contributed by atoms with Gasteiger partial charge in [-0.3, -0.25) is 9.69 Å². The topological polar surface area (TPSA) is 107 Å². The lowest BCUT2D eigenvalue weighted by Gasteiger charge is -2.30. The number of nitrogens with zero attached hydrogens (tertiary/aromatic N) is 5. The molecule has 0 spiro atoms. The molecule has 0 saturated heterocycles. The molecule has 0 unspecified atom stereocenters. The van der Waals surface area contributed by atoms with Crippen LogP contribution < -0.4 is 19.8 Å². The molecule has 0 bridgehead atoms. The molecule has 10 heteroatoms. The highest BCUT2D eigenvalue weighted by Crippen LogP contribution is 2.34. The Bertz CT molecular complexity index is 1730. The number of pyridine rings is 1. The molecule has 2 aromatic heterocycles. The number of rotatable bonds is 10. The number of ether oxygens (including phenoxy) is 3. The Labute approximate surface area is 237 Å². The monoisotopic (exact) mass is 552 g/mol. The average molecular weight is 553 g/mol. The third-order valence-electron chi connectivity index (χ3n) is 7.45. The number of hydrogen-bond acceptors (Lipinski definition) is 8. The molecule has 10 nitrogen and oxygen atoms in total. The van der Waals surface area contributed by atoms with Gasteiger partial charge >= 0.3 is 0 Å². The number of aryl methyl sites for hydroxylation is 1. The van der Waals surface area contributed by atoms with Gasteiger partial charge in [-0.2, -0.15) is 0 Å². The van der Waals surface area contributed by atoms with Gasteiger partial charge in [-0.1, -0.05) is 36.8 Å². The molecule has 3 heterocycles. The summed E-state index contributed by atoms with van der Waals surface area (Å²) in [5, 5.41) is 13.8. The highest BCUT2D eigenvalue weighted by molar-refractivity contribution is 5.79. The van der Waals surface area contributed by atoms with Crippen LogP contribution in [0.1, 0.15) is 47.5 Å². The van der Waals surface area contributed by atoms with Gasteiger partial charge in [0.15, 0.2) is 17.3 Å². The van der Waals surface area contributed by atoms with Crippen molar-refractivity contribution in [2.24, 2.45) is 0 Å². The van der Waals surface area contributed by atoms with Crippen molar-refractivity contribution in [3.63, 3.8) is 0 Å². The van der Waals surface area contributed by atoms with Gasteiger partial charge in [0.05, 0.1) is 19.7 Å². The molecule has 0 aliphatic carbocycles. The summed E-state index contributed by atoms with van der Waals surface area (Å²) in [6.07, 6.45) is 0.734. The van der Waals surface area contributed by atoms with Crippen LogP contribution in [0.15, 0.2) is 71.5 Å². The number of hydrogen-bond donors (Lipinski definition) is 1. The Morgan fingerprint density at radius 2 is 1.80 bits per heavy atom. The second kappa shape index (κ2) is 11.4. The van der Waals surface area contributed by atoms with Crippen LogP contribution in [-0.4, -0.2) is 44.0 Å².